The molecule has 0 fully saturated rings. The lowest BCUT2D eigenvalue weighted by Gasteiger charge is -2.07. The van der Waals surface area contributed by atoms with Gasteiger partial charge in [0.2, 0.25) is 10.0 Å². The smallest absolute Gasteiger partial charge is 0.237 e. The van der Waals surface area contributed by atoms with Crippen LogP contribution >= 0.6 is 11.3 Å². The molecule has 24 heavy (non-hydrogen) atoms. The van der Waals surface area contributed by atoms with Gasteiger partial charge in [-0.25, -0.2) is 17.8 Å². The van der Waals surface area contributed by atoms with Crippen LogP contribution in [0, 0.1) is 12.7 Å². The summed E-state index contributed by atoms with van der Waals surface area (Å²) < 4.78 is 45.7. The number of rotatable bonds is 6. The van der Waals surface area contributed by atoms with Crippen molar-refractivity contribution in [3.8, 4) is 5.75 Å². The lowest BCUT2D eigenvalue weighted by Crippen LogP contribution is -2.21. The maximum Gasteiger partial charge on any atom is 0.237 e. The van der Waals surface area contributed by atoms with Crippen molar-refractivity contribution >= 4 is 36.7 Å². The number of thiazole rings is 1. The molecule has 1 aromatic heterocycles. The minimum Gasteiger partial charge on any atom is -0.492 e. The minimum atomic E-state index is -3.57. The van der Waals surface area contributed by atoms with Gasteiger partial charge in [-0.05, 0) is 42.8 Å². The summed E-state index contributed by atoms with van der Waals surface area (Å²) >= 11 is 1.29. The van der Waals surface area contributed by atoms with E-state index in [1.165, 1.54) is 35.6 Å². The fourth-order valence-electron chi connectivity index (χ4n) is 2.11. The molecule has 0 radical (unpaired) electrons. The number of nitrogens with zero attached hydrogens (tertiary/aromatic N) is 1. The Balaban J connectivity index is 1.62. The SMILES string of the molecule is Cc1cccc2sc(NS(=O)(=O)CCOc3ccc(F)cc3)nc12. The Hall–Kier alpha value is -2.19. The lowest BCUT2D eigenvalue weighted by molar-refractivity contribution is 0.340. The number of ether oxygens (including phenoxy) is 1. The van der Waals surface area contributed by atoms with Crippen LogP contribution in [0.15, 0.2) is 42.5 Å². The molecular weight excluding hydrogens is 351 g/mol. The maximum atomic E-state index is 12.8. The summed E-state index contributed by atoms with van der Waals surface area (Å²) in [7, 11) is -3.57. The lowest BCUT2D eigenvalue weighted by atomic mass is 10.2. The van der Waals surface area contributed by atoms with E-state index in [0.29, 0.717) is 10.9 Å². The van der Waals surface area contributed by atoms with Gasteiger partial charge in [0.15, 0.2) is 5.13 Å². The van der Waals surface area contributed by atoms with Crippen molar-refractivity contribution < 1.29 is 17.5 Å². The van der Waals surface area contributed by atoms with Gasteiger partial charge in [0, 0.05) is 0 Å². The molecule has 1 heterocycles. The highest BCUT2D eigenvalue weighted by atomic mass is 32.2. The Morgan fingerprint density at radius 3 is 2.67 bits per heavy atom. The number of aryl methyl sites for hydroxylation is 1. The van der Waals surface area contributed by atoms with Gasteiger partial charge in [-0.15, -0.1) is 0 Å². The molecule has 5 nitrogen and oxygen atoms in total. The zero-order chi connectivity index (χ0) is 17.2. The summed E-state index contributed by atoms with van der Waals surface area (Å²) in [5, 5.41) is 0.334. The topological polar surface area (TPSA) is 68.3 Å². The van der Waals surface area contributed by atoms with E-state index in [2.05, 4.69) is 9.71 Å². The number of anilines is 1. The van der Waals surface area contributed by atoms with Gasteiger partial charge in [-0.3, -0.25) is 4.72 Å². The van der Waals surface area contributed by atoms with Crippen molar-refractivity contribution in [2.75, 3.05) is 17.1 Å². The predicted molar refractivity (Wildman–Crippen MR) is 93.7 cm³/mol. The predicted octanol–water partition coefficient (Wildman–Crippen LogP) is 3.56. The van der Waals surface area contributed by atoms with Crippen molar-refractivity contribution in [2.45, 2.75) is 6.92 Å². The molecule has 0 unspecified atom stereocenters. The fraction of sp³-hybridized carbons (Fsp3) is 0.188. The number of hydrogen-bond acceptors (Lipinski definition) is 5. The third-order valence-electron chi connectivity index (χ3n) is 3.30. The molecule has 8 heteroatoms. The van der Waals surface area contributed by atoms with Gasteiger partial charge in [-0.1, -0.05) is 23.5 Å². The fourth-order valence-corrected chi connectivity index (χ4v) is 4.17. The zero-order valence-electron chi connectivity index (χ0n) is 12.8. The van der Waals surface area contributed by atoms with E-state index in [1.807, 2.05) is 25.1 Å². The molecule has 0 spiro atoms. The van der Waals surface area contributed by atoms with Crippen LogP contribution in [0.2, 0.25) is 0 Å². The molecule has 1 N–H and O–H groups in total. The molecule has 0 aliphatic heterocycles. The maximum absolute atomic E-state index is 12.8. The number of halogens is 1. The van der Waals surface area contributed by atoms with Crippen molar-refractivity contribution in [3.63, 3.8) is 0 Å². The molecule has 0 saturated carbocycles. The van der Waals surface area contributed by atoms with Crippen molar-refractivity contribution in [2.24, 2.45) is 0 Å². The Morgan fingerprint density at radius 2 is 1.96 bits per heavy atom. The molecule has 3 rings (SSSR count). The number of hydrogen-bond donors (Lipinski definition) is 1. The van der Waals surface area contributed by atoms with E-state index < -0.39 is 10.0 Å². The van der Waals surface area contributed by atoms with Gasteiger partial charge < -0.3 is 4.74 Å². The van der Waals surface area contributed by atoms with E-state index in [1.54, 1.807) is 0 Å². The second-order valence-electron chi connectivity index (χ2n) is 5.16. The Morgan fingerprint density at radius 1 is 1.21 bits per heavy atom. The summed E-state index contributed by atoms with van der Waals surface area (Å²) in [6.07, 6.45) is 0. The second-order valence-corrected chi connectivity index (χ2v) is 8.04. The monoisotopic (exact) mass is 366 g/mol. The molecule has 0 saturated heterocycles. The Bertz CT molecular complexity index is 953. The van der Waals surface area contributed by atoms with Crippen LogP contribution < -0.4 is 9.46 Å². The van der Waals surface area contributed by atoms with Crippen molar-refractivity contribution in [1.29, 1.82) is 0 Å². The molecule has 3 aromatic rings. The van der Waals surface area contributed by atoms with E-state index in [0.717, 1.165) is 15.8 Å². The van der Waals surface area contributed by atoms with Gasteiger partial charge in [-0.2, -0.15) is 0 Å². The van der Waals surface area contributed by atoms with E-state index in [4.69, 9.17) is 4.74 Å². The molecule has 0 amide bonds. The Labute approximate surface area is 143 Å². The first-order valence-corrected chi connectivity index (χ1v) is 9.65. The number of fused-ring (bicyclic) bond motifs is 1. The highest BCUT2D eigenvalue weighted by Gasteiger charge is 2.14. The highest BCUT2D eigenvalue weighted by Crippen LogP contribution is 2.28. The standard InChI is InChI=1S/C16H15FN2O3S2/c1-11-3-2-4-14-15(11)18-16(23-14)19-24(20,21)10-9-22-13-7-5-12(17)6-8-13/h2-8H,9-10H2,1H3,(H,18,19). The first-order valence-electron chi connectivity index (χ1n) is 7.18. The number of sulfonamides is 1. The third-order valence-corrected chi connectivity index (χ3v) is 5.57. The molecule has 0 aliphatic rings. The number of nitrogens with one attached hydrogen (secondary N) is 1. The zero-order valence-corrected chi connectivity index (χ0v) is 14.5. The quantitative estimate of drug-likeness (QED) is 0.724. The average Bonchev–Trinajstić information content (AvgIpc) is 2.92. The minimum absolute atomic E-state index is 0.0368. The van der Waals surface area contributed by atoms with Crippen LogP contribution in [-0.4, -0.2) is 25.8 Å². The van der Waals surface area contributed by atoms with E-state index in [-0.39, 0.29) is 18.2 Å². The first-order chi connectivity index (χ1) is 11.4. The molecule has 0 atom stereocenters. The number of benzene rings is 2. The van der Waals surface area contributed by atoms with Crippen molar-refractivity contribution in [3.05, 3.63) is 53.8 Å². The van der Waals surface area contributed by atoms with Crippen LogP contribution in [-0.2, 0) is 10.0 Å². The van der Waals surface area contributed by atoms with E-state index >= 15 is 0 Å². The van der Waals surface area contributed by atoms with Gasteiger partial charge in [0.25, 0.3) is 0 Å². The largest absolute Gasteiger partial charge is 0.492 e. The first kappa shape index (κ1) is 16.7. The third kappa shape index (κ3) is 4.01. The van der Waals surface area contributed by atoms with Crippen LogP contribution in [0.5, 0.6) is 5.75 Å². The van der Waals surface area contributed by atoms with Gasteiger partial charge in [0.05, 0.1) is 10.2 Å². The molecule has 2 aromatic carbocycles. The van der Waals surface area contributed by atoms with Crippen LogP contribution in [0.25, 0.3) is 10.2 Å². The van der Waals surface area contributed by atoms with Crippen LogP contribution in [0.3, 0.4) is 0 Å². The van der Waals surface area contributed by atoms with Crippen LogP contribution in [0.4, 0.5) is 9.52 Å². The van der Waals surface area contributed by atoms with E-state index in [9.17, 15) is 12.8 Å². The summed E-state index contributed by atoms with van der Waals surface area (Å²) in [4.78, 5) is 4.32. The molecule has 0 aliphatic carbocycles. The van der Waals surface area contributed by atoms with Gasteiger partial charge in [0.1, 0.15) is 23.9 Å². The number of aromatic nitrogens is 1. The van der Waals surface area contributed by atoms with Crippen LogP contribution in [0.1, 0.15) is 5.56 Å². The summed E-state index contributed by atoms with van der Waals surface area (Å²) in [5.74, 6) is -0.177. The molecule has 0 bridgehead atoms. The normalized spacial score (nSPS) is 11.6. The second kappa shape index (κ2) is 6.74. The van der Waals surface area contributed by atoms with Gasteiger partial charge >= 0.3 is 0 Å². The summed E-state index contributed by atoms with van der Waals surface area (Å²) in [5.41, 5.74) is 1.79. The average molecular weight is 366 g/mol. The highest BCUT2D eigenvalue weighted by molar-refractivity contribution is 7.92. The summed E-state index contributed by atoms with van der Waals surface area (Å²) in [6, 6.07) is 11.1. The molecule has 126 valence electrons. The molecular formula is C16H15FN2O3S2. The number of para-hydroxylation sites is 1. The summed E-state index contributed by atoms with van der Waals surface area (Å²) in [6.45, 7) is 1.89. The Kier molecular flexibility index (Phi) is 4.68. The van der Waals surface area contributed by atoms with Crippen molar-refractivity contribution in [1.82, 2.24) is 4.98 Å².